The van der Waals surface area contributed by atoms with Gasteiger partial charge in [0.2, 0.25) is 0 Å². The maximum atomic E-state index is 5.85. The van der Waals surface area contributed by atoms with Crippen LogP contribution in [0.4, 0.5) is 5.69 Å². The van der Waals surface area contributed by atoms with E-state index in [1.807, 2.05) is 12.1 Å². The zero-order valence-corrected chi connectivity index (χ0v) is 8.87. The molecule has 3 heteroatoms. The van der Waals surface area contributed by atoms with E-state index in [0.717, 1.165) is 31.0 Å². The molecular formula is C11H15ClN2. The number of rotatable bonds is 1. The highest BCUT2D eigenvalue weighted by Gasteiger charge is 2.15. The predicted molar refractivity (Wildman–Crippen MR) is 60.9 cm³/mol. The maximum Gasteiger partial charge on any atom is 0.0407 e. The summed E-state index contributed by atoms with van der Waals surface area (Å²) in [5.41, 5.74) is 7.10. The number of hydrogen-bond donors (Lipinski definition) is 1. The lowest BCUT2D eigenvalue weighted by atomic mass is 10.1. The Labute approximate surface area is 89.7 Å². The molecule has 0 radical (unpaired) electrons. The van der Waals surface area contributed by atoms with E-state index in [1.54, 1.807) is 0 Å². The standard InChI is InChI=1S/C11H15ClN2/c12-9-1-3-11(4-2-9)14-7-5-10(13)6-8-14/h1-4,10H,5-8,13H2. The average molecular weight is 211 g/mol. The van der Waals surface area contributed by atoms with Crippen LogP contribution in [0.15, 0.2) is 24.3 Å². The molecule has 0 unspecified atom stereocenters. The summed E-state index contributed by atoms with van der Waals surface area (Å²) in [5.74, 6) is 0. The highest BCUT2D eigenvalue weighted by molar-refractivity contribution is 6.30. The summed E-state index contributed by atoms with van der Waals surface area (Å²) in [6.45, 7) is 2.12. The van der Waals surface area contributed by atoms with Crippen molar-refractivity contribution in [2.24, 2.45) is 5.73 Å². The molecule has 0 amide bonds. The fourth-order valence-electron chi connectivity index (χ4n) is 1.81. The molecule has 0 aliphatic carbocycles. The van der Waals surface area contributed by atoms with Crippen LogP contribution in [-0.2, 0) is 0 Å². The predicted octanol–water partition coefficient (Wildman–Crippen LogP) is 2.27. The molecule has 1 saturated heterocycles. The summed E-state index contributed by atoms with van der Waals surface area (Å²) in [6.07, 6.45) is 2.17. The van der Waals surface area contributed by atoms with Crippen LogP contribution in [0.5, 0.6) is 0 Å². The van der Waals surface area contributed by atoms with Gasteiger partial charge in [0.25, 0.3) is 0 Å². The van der Waals surface area contributed by atoms with Crippen molar-refractivity contribution in [2.45, 2.75) is 18.9 Å². The second-order valence-corrected chi connectivity index (χ2v) is 4.24. The average Bonchev–Trinajstić information content (AvgIpc) is 2.21. The Hall–Kier alpha value is -0.730. The Balaban J connectivity index is 2.05. The van der Waals surface area contributed by atoms with Crippen LogP contribution in [-0.4, -0.2) is 19.1 Å². The van der Waals surface area contributed by atoms with Gasteiger partial charge in [-0.25, -0.2) is 0 Å². The molecule has 2 nitrogen and oxygen atoms in total. The van der Waals surface area contributed by atoms with E-state index in [-0.39, 0.29) is 0 Å². The van der Waals surface area contributed by atoms with E-state index in [1.165, 1.54) is 5.69 Å². The van der Waals surface area contributed by atoms with Crippen molar-refractivity contribution in [3.63, 3.8) is 0 Å². The van der Waals surface area contributed by atoms with Crippen LogP contribution in [0.2, 0.25) is 5.02 Å². The van der Waals surface area contributed by atoms with Gasteiger partial charge in [-0.15, -0.1) is 0 Å². The van der Waals surface area contributed by atoms with Crippen LogP contribution < -0.4 is 10.6 Å². The normalized spacial score (nSPS) is 18.6. The highest BCUT2D eigenvalue weighted by atomic mass is 35.5. The largest absolute Gasteiger partial charge is 0.371 e. The van der Waals surface area contributed by atoms with Crippen molar-refractivity contribution in [3.8, 4) is 0 Å². The Morgan fingerprint density at radius 1 is 1.14 bits per heavy atom. The van der Waals surface area contributed by atoms with Gasteiger partial charge in [0.15, 0.2) is 0 Å². The minimum Gasteiger partial charge on any atom is -0.371 e. The SMILES string of the molecule is NC1CCN(c2ccc(Cl)cc2)CC1. The van der Waals surface area contributed by atoms with Gasteiger partial charge in [0, 0.05) is 29.8 Å². The fourth-order valence-corrected chi connectivity index (χ4v) is 1.94. The smallest absolute Gasteiger partial charge is 0.0407 e. The summed E-state index contributed by atoms with van der Waals surface area (Å²) >= 11 is 5.84. The summed E-state index contributed by atoms with van der Waals surface area (Å²) < 4.78 is 0. The third-order valence-corrected chi connectivity index (χ3v) is 2.98. The molecule has 1 fully saturated rings. The number of hydrogen-bond acceptors (Lipinski definition) is 2. The third-order valence-electron chi connectivity index (χ3n) is 2.73. The highest BCUT2D eigenvalue weighted by Crippen LogP contribution is 2.21. The Morgan fingerprint density at radius 3 is 2.29 bits per heavy atom. The monoisotopic (exact) mass is 210 g/mol. The quantitative estimate of drug-likeness (QED) is 0.771. The summed E-state index contributed by atoms with van der Waals surface area (Å²) in [7, 11) is 0. The fraction of sp³-hybridized carbons (Fsp3) is 0.455. The number of anilines is 1. The van der Waals surface area contributed by atoms with Gasteiger partial charge in [-0.1, -0.05) is 11.6 Å². The van der Waals surface area contributed by atoms with Crippen molar-refractivity contribution >= 4 is 17.3 Å². The molecule has 14 heavy (non-hydrogen) atoms. The van der Waals surface area contributed by atoms with Crippen LogP contribution in [0.25, 0.3) is 0 Å². The van der Waals surface area contributed by atoms with Crippen molar-refractivity contribution in [1.82, 2.24) is 0 Å². The molecule has 0 aromatic heterocycles. The zero-order chi connectivity index (χ0) is 9.97. The van der Waals surface area contributed by atoms with Gasteiger partial charge in [-0.3, -0.25) is 0 Å². The molecule has 0 atom stereocenters. The number of nitrogens with two attached hydrogens (primary N) is 1. The third kappa shape index (κ3) is 2.20. The second-order valence-electron chi connectivity index (χ2n) is 3.80. The van der Waals surface area contributed by atoms with Crippen LogP contribution in [0.3, 0.4) is 0 Å². The van der Waals surface area contributed by atoms with E-state index in [9.17, 15) is 0 Å². The van der Waals surface area contributed by atoms with Crippen molar-refractivity contribution in [2.75, 3.05) is 18.0 Å². The summed E-state index contributed by atoms with van der Waals surface area (Å²) in [6, 6.07) is 8.40. The molecule has 2 rings (SSSR count). The van der Waals surface area contributed by atoms with E-state index in [4.69, 9.17) is 17.3 Å². The minimum absolute atomic E-state index is 0.388. The zero-order valence-electron chi connectivity index (χ0n) is 8.12. The molecule has 1 aliphatic heterocycles. The van der Waals surface area contributed by atoms with Gasteiger partial charge >= 0.3 is 0 Å². The Morgan fingerprint density at radius 2 is 1.71 bits per heavy atom. The van der Waals surface area contributed by atoms with Crippen molar-refractivity contribution in [3.05, 3.63) is 29.3 Å². The second kappa shape index (κ2) is 4.20. The molecule has 0 bridgehead atoms. The summed E-state index contributed by atoms with van der Waals surface area (Å²) in [4.78, 5) is 2.36. The van der Waals surface area contributed by atoms with Gasteiger partial charge in [-0.2, -0.15) is 0 Å². The molecule has 1 heterocycles. The van der Waals surface area contributed by atoms with Gasteiger partial charge < -0.3 is 10.6 Å². The minimum atomic E-state index is 0.388. The van der Waals surface area contributed by atoms with E-state index < -0.39 is 0 Å². The molecule has 1 aliphatic rings. The Kier molecular flexibility index (Phi) is 2.94. The lowest BCUT2D eigenvalue weighted by Gasteiger charge is -2.31. The lowest BCUT2D eigenvalue weighted by Crippen LogP contribution is -2.39. The van der Waals surface area contributed by atoms with E-state index >= 15 is 0 Å². The first kappa shape index (κ1) is 9.81. The number of benzene rings is 1. The first-order valence-electron chi connectivity index (χ1n) is 5.02. The molecule has 76 valence electrons. The Bertz CT molecular complexity index is 289. The van der Waals surface area contributed by atoms with E-state index in [2.05, 4.69) is 17.0 Å². The van der Waals surface area contributed by atoms with Crippen molar-refractivity contribution < 1.29 is 0 Å². The van der Waals surface area contributed by atoms with E-state index in [0.29, 0.717) is 6.04 Å². The number of nitrogens with zero attached hydrogens (tertiary/aromatic N) is 1. The molecule has 1 aromatic rings. The van der Waals surface area contributed by atoms with Crippen LogP contribution in [0, 0.1) is 0 Å². The van der Waals surface area contributed by atoms with Gasteiger partial charge in [0.05, 0.1) is 0 Å². The van der Waals surface area contributed by atoms with Crippen molar-refractivity contribution in [1.29, 1.82) is 0 Å². The first-order chi connectivity index (χ1) is 6.75. The first-order valence-corrected chi connectivity index (χ1v) is 5.39. The lowest BCUT2D eigenvalue weighted by molar-refractivity contribution is 0.501. The molecular weight excluding hydrogens is 196 g/mol. The van der Waals surface area contributed by atoms with Gasteiger partial charge in [0.1, 0.15) is 0 Å². The van der Waals surface area contributed by atoms with Crippen LogP contribution in [0.1, 0.15) is 12.8 Å². The van der Waals surface area contributed by atoms with Crippen LogP contribution >= 0.6 is 11.6 Å². The maximum absolute atomic E-state index is 5.85. The molecule has 1 aromatic carbocycles. The number of halogens is 1. The molecule has 2 N–H and O–H groups in total. The number of piperidine rings is 1. The topological polar surface area (TPSA) is 29.3 Å². The molecule has 0 spiro atoms. The molecule has 0 saturated carbocycles. The summed E-state index contributed by atoms with van der Waals surface area (Å²) in [5, 5.41) is 0.794. The van der Waals surface area contributed by atoms with Gasteiger partial charge in [-0.05, 0) is 37.1 Å².